The van der Waals surface area contributed by atoms with E-state index >= 15 is 0 Å². The Labute approximate surface area is 224 Å². The molecule has 0 radical (unpaired) electrons. The number of carbonyl (C=O) groups excluding carboxylic acids is 1. The van der Waals surface area contributed by atoms with Crippen molar-refractivity contribution in [3.8, 4) is 5.75 Å². The molecule has 3 aromatic carbocycles. The highest BCUT2D eigenvalue weighted by molar-refractivity contribution is 7.89. The molecule has 0 bridgehead atoms. The predicted octanol–water partition coefficient (Wildman–Crippen LogP) is 4.74. The second kappa shape index (κ2) is 11.1. The van der Waals surface area contributed by atoms with Crippen molar-refractivity contribution in [1.29, 1.82) is 0 Å². The SMILES string of the molecule is O=C(c1ccccc1)N(Oc1ccc2[nH]ccc2c1)S(=O)(=O)c1ccc(NCC2CCOCC2)c([N+](=O)[O-])c1. The number of hydroxylamine groups is 1. The van der Waals surface area contributed by atoms with Gasteiger partial charge >= 0.3 is 5.91 Å². The molecule has 1 aromatic heterocycles. The van der Waals surface area contributed by atoms with E-state index in [0.717, 1.165) is 29.8 Å². The zero-order valence-electron chi connectivity index (χ0n) is 20.8. The highest BCUT2D eigenvalue weighted by Gasteiger charge is 2.35. The van der Waals surface area contributed by atoms with Crippen LogP contribution >= 0.6 is 0 Å². The Kier molecular flexibility index (Phi) is 7.48. The molecule has 39 heavy (non-hydrogen) atoms. The first-order valence-corrected chi connectivity index (χ1v) is 13.8. The molecular formula is C27H26N4O7S. The van der Waals surface area contributed by atoms with Crippen LogP contribution in [0.15, 0.2) is 83.9 Å². The van der Waals surface area contributed by atoms with Gasteiger partial charge in [0.05, 0.1) is 9.82 Å². The Balaban J connectivity index is 1.49. The van der Waals surface area contributed by atoms with Gasteiger partial charge in [-0.2, -0.15) is 8.42 Å². The van der Waals surface area contributed by atoms with Gasteiger partial charge in [-0.1, -0.05) is 22.7 Å². The number of nitrogens with one attached hydrogen (secondary N) is 2. The molecule has 11 nitrogen and oxygen atoms in total. The molecule has 1 aliphatic rings. The first kappa shape index (κ1) is 26.2. The lowest BCUT2D eigenvalue weighted by molar-refractivity contribution is -0.384. The van der Waals surface area contributed by atoms with Crippen LogP contribution in [0.25, 0.3) is 10.9 Å². The van der Waals surface area contributed by atoms with Gasteiger partial charge in [0.2, 0.25) is 0 Å². The topological polar surface area (TPSA) is 144 Å². The number of hydrogen-bond donors (Lipinski definition) is 2. The highest BCUT2D eigenvalue weighted by atomic mass is 32.2. The number of nitro benzene ring substituents is 1. The van der Waals surface area contributed by atoms with Crippen molar-refractivity contribution in [2.75, 3.05) is 25.1 Å². The number of rotatable bonds is 9. The minimum Gasteiger partial charge on any atom is -0.381 e. The van der Waals surface area contributed by atoms with E-state index in [0.29, 0.717) is 19.8 Å². The van der Waals surface area contributed by atoms with E-state index in [1.165, 1.54) is 30.3 Å². The molecular weight excluding hydrogens is 524 g/mol. The summed E-state index contributed by atoms with van der Waals surface area (Å²) in [6.07, 6.45) is 3.38. The third kappa shape index (κ3) is 5.71. The molecule has 0 spiro atoms. The van der Waals surface area contributed by atoms with Gasteiger partial charge in [-0.15, -0.1) is 0 Å². The monoisotopic (exact) mass is 550 g/mol. The van der Waals surface area contributed by atoms with Crippen molar-refractivity contribution in [3.05, 3.63) is 94.7 Å². The van der Waals surface area contributed by atoms with Crippen LogP contribution < -0.4 is 10.2 Å². The summed E-state index contributed by atoms with van der Waals surface area (Å²) in [4.78, 5) is 32.9. The molecule has 0 atom stereocenters. The number of fused-ring (bicyclic) bond motifs is 1. The maximum Gasteiger partial charge on any atom is 0.302 e. The number of amides is 1. The lowest BCUT2D eigenvalue weighted by Gasteiger charge is -2.23. The maximum atomic E-state index is 13.8. The number of aromatic nitrogens is 1. The van der Waals surface area contributed by atoms with Gasteiger partial charge < -0.3 is 19.9 Å². The van der Waals surface area contributed by atoms with E-state index in [-0.39, 0.29) is 27.4 Å². The Hall–Kier alpha value is -4.42. The second-order valence-electron chi connectivity index (χ2n) is 9.09. The van der Waals surface area contributed by atoms with Gasteiger partial charge in [-0.3, -0.25) is 14.9 Å². The minimum absolute atomic E-state index is 0.0630. The fourth-order valence-corrected chi connectivity index (χ4v) is 5.54. The Morgan fingerprint density at radius 2 is 1.85 bits per heavy atom. The van der Waals surface area contributed by atoms with Crippen LogP contribution in [-0.4, -0.2) is 48.5 Å². The molecule has 2 N–H and O–H groups in total. The molecule has 1 aliphatic heterocycles. The zero-order chi connectivity index (χ0) is 27.4. The average molecular weight is 551 g/mol. The number of aromatic amines is 1. The summed E-state index contributed by atoms with van der Waals surface area (Å²) in [7, 11) is -4.69. The second-order valence-corrected chi connectivity index (χ2v) is 10.8. The van der Waals surface area contributed by atoms with Crippen molar-refractivity contribution < 1.29 is 27.7 Å². The Morgan fingerprint density at radius 3 is 2.59 bits per heavy atom. The minimum atomic E-state index is -4.69. The van der Waals surface area contributed by atoms with Gasteiger partial charge in [0.1, 0.15) is 5.69 Å². The summed E-state index contributed by atoms with van der Waals surface area (Å²) in [6, 6.07) is 17.8. The summed E-state index contributed by atoms with van der Waals surface area (Å²) >= 11 is 0. The van der Waals surface area contributed by atoms with E-state index in [9.17, 15) is 23.3 Å². The molecule has 202 valence electrons. The predicted molar refractivity (Wildman–Crippen MR) is 144 cm³/mol. The normalized spacial score (nSPS) is 14.2. The molecule has 12 heteroatoms. The van der Waals surface area contributed by atoms with Gasteiger partial charge in [-0.25, -0.2) is 0 Å². The van der Waals surface area contributed by atoms with Crippen molar-refractivity contribution in [2.45, 2.75) is 17.7 Å². The van der Waals surface area contributed by atoms with Gasteiger partial charge in [-0.05, 0) is 67.3 Å². The maximum absolute atomic E-state index is 13.8. The van der Waals surface area contributed by atoms with Gasteiger partial charge in [0, 0.05) is 48.5 Å². The number of benzene rings is 3. The first-order chi connectivity index (χ1) is 18.8. The van der Waals surface area contributed by atoms with E-state index < -0.39 is 31.4 Å². The number of anilines is 1. The highest BCUT2D eigenvalue weighted by Crippen LogP contribution is 2.31. The van der Waals surface area contributed by atoms with Crippen molar-refractivity contribution in [3.63, 3.8) is 0 Å². The number of sulfonamides is 1. The molecule has 1 fully saturated rings. The number of ether oxygens (including phenoxy) is 1. The van der Waals surface area contributed by atoms with Crippen LogP contribution in [0.2, 0.25) is 0 Å². The lowest BCUT2D eigenvalue weighted by atomic mass is 10.0. The molecule has 0 saturated carbocycles. The number of nitrogens with zero attached hydrogens (tertiary/aromatic N) is 2. The smallest absolute Gasteiger partial charge is 0.302 e. The fourth-order valence-electron chi connectivity index (χ4n) is 4.34. The standard InChI is InChI=1S/C27H26N4O7S/c32-27(20-4-2-1-3-5-20)31(38-22-6-8-24-21(16-22)10-13-28-24)39(35,36)23-7-9-25(26(17-23)30(33)34)29-18-19-11-14-37-15-12-19/h1-10,13,16-17,19,28-29H,11-12,14-15,18H2. The molecule has 0 unspecified atom stereocenters. The van der Waals surface area contributed by atoms with Gasteiger partial charge in [0.15, 0.2) is 5.75 Å². The zero-order valence-corrected chi connectivity index (χ0v) is 21.6. The first-order valence-electron chi connectivity index (χ1n) is 12.3. The number of hydrogen-bond acceptors (Lipinski definition) is 8. The van der Waals surface area contributed by atoms with Crippen LogP contribution in [-0.2, 0) is 14.8 Å². The van der Waals surface area contributed by atoms with Crippen LogP contribution in [0.1, 0.15) is 23.2 Å². The summed E-state index contributed by atoms with van der Waals surface area (Å²) < 4.78 is 33.2. The average Bonchev–Trinajstić information content (AvgIpc) is 3.43. The largest absolute Gasteiger partial charge is 0.381 e. The summed E-state index contributed by atoms with van der Waals surface area (Å²) in [5, 5.41) is 15.7. The van der Waals surface area contributed by atoms with Crippen molar-refractivity contribution in [1.82, 2.24) is 9.45 Å². The third-order valence-electron chi connectivity index (χ3n) is 6.50. The van der Waals surface area contributed by atoms with E-state index in [2.05, 4.69) is 10.3 Å². The molecule has 0 aliphatic carbocycles. The van der Waals surface area contributed by atoms with Crippen LogP contribution in [0, 0.1) is 16.0 Å². The van der Waals surface area contributed by atoms with Gasteiger partial charge in [0.25, 0.3) is 15.7 Å². The number of H-pyrrole nitrogens is 1. The van der Waals surface area contributed by atoms with E-state index in [4.69, 9.17) is 9.57 Å². The molecule has 5 rings (SSSR count). The summed E-state index contributed by atoms with van der Waals surface area (Å²) in [6.45, 7) is 1.75. The van der Waals surface area contributed by atoms with Crippen LogP contribution in [0.3, 0.4) is 0 Å². The molecule has 1 saturated heterocycles. The van der Waals surface area contributed by atoms with Crippen molar-refractivity contribution >= 4 is 38.2 Å². The quantitative estimate of drug-likeness (QED) is 0.225. The van der Waals surface area contributed by atoms with Crippen LogP contribution in [0.5, 0.6) is 5.75 Å². The number of carbonyl (C=O) groups is 1. The third-order valence-corrected chi connectivity index (χ3v) is 8.03. The number of nitro groups is 1. The van der Waals surface area contributed by atoms with E-state index in [1.54, 1.807) is 42.6 Å². The lowest BCUT2D eigenvalue weighted by Crippen LogP contribution is -2.39. The summed E-state index contributed by atoms with van der Waals surface area (Å²) in [5.41, 5.74) is 0.618. The summed E-state index contributed by atoms with van der Waals surface area (Å²) in [5.74, 6) is -0.570. The Bertz CT molecular complexity index is 1600. The fraction of sp³-hybridized carbons (Fsp3) is 0.222. The molecule has 2 heterocycles. The van der Waals surface area contributed by atoms with Crippen LogP contribution in [0.4, 0.5) is 11.4 Å². The molecule has 1 amide bonds. The van der Waals surface area contributed by atoms with Crippen molar-refractivity contribution in [2.24, 2.45) is 5.92 Å². The molecule has 4 aromatic rings. The Morgan fingerprint density at radius 1 is 1.08 bits per heavy atom. The van der Waals surface area contributed by atoms with E-state index in [1.807, 2.05) is 0 Å².